The molecule has 0 spiro atoms. The molecule has 0 amide bonds. The third-order valence-electron chi connectivity index (χ3n) is 5.77. The molecule has 5 N–H and O–H groups in total. The lowest BCUT2D eigenvalue weighted by Gasteiger charge is -2.33. The number of esters is 3. The van der Waals surface area contributed by atoms with E-state index in [2.05, 4.69) is 15.0 Å². The number of fused-ring (bicyclic) bond motifs is 1. The van der Waals surface area contributed by atoms with Gasteiger partial charge in [0.1, 0.15) is 24.1 Å². The number of rotatable bonds is 7. The molecule has 1 aliphatic heterocycles. The van der Waals surface area contributed by atoms with E-state index in [4.69, 9.17) is 34.6 Å². The summed E-state index contributed by atoms with van der Waals surface area (Å²) < 4.78 is 22.2. The van der Waals surface area contributed by atoms with Gasteiger partial charge in [0.25, 0.3) is 11.5 Å². The van der Waals surface area contributed by atoms with Crippen LogP contribution < -0.4 is 21.9 Å². The summed E-state index contributed by atoms with van der Waals surface area (Å²) in [5, 5.41) is 9.17. The Bertz CT molecular complexity index is 1400. The molecule has 0 radical (unpaired) electrons. The number of aromatic nitrogens is 3. The van der Waals surface area contributed by atoms with E-state index in [9.17, 15) is 24.0 Å². The van der Waals surface area contributed by atoms with Crippen LogP contribution in [-0.2, 0) is 38.1 Å². The summed E-state index contributed by atoms with van der Waals surface area (Å²) in [5.41, 5.74) is 3.15. The Balaban J connectivity index is 0.000000983. The second-order valence-electron chi connectivity index (χ2n) is 8.71. The van der Waals surface area contributed by atoms with Crippen molar-refractivity contribution in [3.63, 3.8) is 0 Å². The number of H-pyrrole nitrogens is 2. The van der Waals surface area contributed by atoms with Gasteiger partial charge in [-0.25, -0.2) is 9.78 Å². The van der Waals surface area contributed by atoms with Gasteiger partial charge in [-0.1, -0.05) is 0 Å². The summed E-state index contributed by atoms with van der Waals surface area (Å²) in [7, 11) is 1.51. The number of carbonyl (C=O) groups is 4. The molecule has 212 valence electrons. The number of likely N-dealkylation sites (N-methyl/N-ethyl adjacent to an activating group) is 1. The summed E-state index contributed by atoms with van der Waals surface area (Å²) in [4.78, 5) is 79.2. The summed E-state index contributed by atoms with van der Waals surface area (Å²) in [5.74, 6) is -3.29. The highest BCUT2D eigenvalue weighted by Gasteiger charge is 2.80. The molecule has 1 saturated carbocycles. The van der Waals surface area contributed by atoms with Crippen LogP contribution in [0.2, 0.25) is 0 Å². The van der Waals surface area contributed by atoms with Crippen molar-refractivity contribution in [1.29, 1.82) is 0 Å². The average molecular weight is 570 g/mol. The number of aromatic amines is 2. The standard InChI is InChI=1S/C20H23N5O9S.C2H4O2/c1-7(26)31-6-20-12(14(20)33-9(3)28)13(32-8(2)27)17(34-20)25(4)15-11(10-5-35-18(21)22-10)16(29)24-19(30)23-15;1-2(3)4/h5,12-14,17H,6H2,1-4H3,(H2,21,22)(H2,23,24,29,30);1H3,(H,3,4). The van der Waals surface area contributed by atoms with Crippen molar-refractivity contribution in [2.24, 2.45) is 5.92 Å². The Morgan fingerprint density at radius 3 is 2.26 bits per heavy atom. The molecule has 17 heteroatoms. The van der Waals surface area contributed by atoms with E-state index in [0.717, 1.165) is 18.3 Å². The number of carbonyl (C=O) groups excluding carboxylic acids is 3. The Morgan fingerprint density at radius 1 is 1.13 bits per heavy atom. The number of nitrogen functional groups attached to an aromatic ring is 1. The van der Waals surface area contributed by atoms with E-state index in [1.54, 1.807) is 5.38 Å². The van der Waals surface area contributed by atoms with Crippen molar-refractivity contribution in [1.82, 2.24) is 15.0 Å². The monoisotopic (exact) mass is 569 g/mol. The molecule has 16 nitrogen and oxygen atoms in total. The highest BCUT2D eigenvalue weighted by Crippen LogP contribution is 2.60. The number of thiazole rings is 1. The van der Waals surface area contributed by atoms with Crippen LogP contribution in [-0.4, -0.2) is 81.6 Å². The van der Waals surface area contributed by atoms with Crippen LogP contribution in [0.4, 0.5) is 10.9 Å². The molecule has 2 fully saturated rings. The minimum atomic E-state index is -1.29. The molecule has 3 heterocycles. The topological polar surface area (TPSA) is 233 Å². The van der Waals surface area contributed by atoms with Crippen molar-refractivity contribution in [3.8, 4) is 11.3 Å². The third-order valence-corrected chi connectivity index (χ3v) is 6.44. The normalized spacial score (nSPS) is 24.4. The number of nitrogens with two attached hydrogens (primary N) is 1. The molecular formula is C22H27N5O11S. The predicted molar refractivity (Wildman–Crippen MR) is 134 cm³/mol. The number of hydrogen-bond acceptors (Lipinski definition) is 14. The predicted octanol–water partition coefficient (Wildman–Crippen LogP) is -0.553. The maximum atomic E-state index is 12.7. The maximum Gasteiger partial charge on any atom is 0.327 e. The first kappa shape index (κ1) is 29.3. The number of carboxylic acid groups (broad SMARTS) is 1. The minimum absolute atomic E-state index is 0.0105. The average Bonchev–Trinajstić information content (AvgIpc) is 3.04. The van der Waals surface area contributed by atoms with Crippen molar-refractivity contribution in [2.75, 3.05) is 24.3 Å². The van der Waals surface area contributed by atoms with Gasteiger partial charge in [-0.15, -0.1) is 11.3 Å². The van der Waals surface area contributed by atoms with Gasteiger partial charge in [-0.2, -0.15) is 0 Å². The molecule has 39 heavy (non-hydrogen) atoms. The third kappa shape index (κ3) is 6.26. The van der Waals surface area contributed by atoms with Crippen LogP contribution in [0.15, 0.2) is 15.0 Å². The number of hydrogen-bond donors (Lipinski definition) is 4. The molecule has 1 saturated heterocycles. The zero-order valence-corrected chi connectivity index (χ0v) is 22.3. The van der Waals surface area contributed by atoms with Gasteiger partial charge in [-0.05, 0) is 0 Å². The first-order chi connectivity index (χ1) is 18.2. The second-order valence-corrected chi connectivity index (χ2v) is 9.60. The van der Waals surface area contributed by atoms with E-state index in [1.807, 2.05) is 0 Å². The zero-order chi connectivity index (χ0) is 29.2. The van der Waals surface area contributed by atoms with E-state index in [0.29, 0.717) is 0 Å². The lowest BCUT2D eigenvalue weighted by atomic mass is 10.1. The molecule has 5 atom stereocenters. The van der Waals surface area contributed by atoms with Crippen molar-refractivity contribution in [2.45, 2.75) is 51.7 Å². The van der Waals surface area contributed by atoms with Crippen molar-refractivity contribution >= 4 is 46.2 Å². The summed E-state index contributed by atoms with van der Waals surface area (Å²) in [6.07, 6.45) is -2.91. The molecular weight excluding hydrogens is 542 g/mol. The number of ether oxygens (including phenoxy) is 4. The number of aliphatic carboxylic acids is 1. The van der Waals surface area contributed by atoms with Crippen molar-refractivity contribution in [3.05, 3.63) is 26.2 Å². The minimum Gasteiger partial charge on any atom is -0.481 e. The number of nitrogens with one attached hydrogen (secondary N) is 2. The Morgan fingerprint density at radius 2 is 1.74 bits per heavy atom. The van der Waals surface area contributed by atoms with Gasteiger partial charge in [0, 0.05) is 40.1 Å². The van der Waals surface area contributed by atoms with E-state index >= 15 is 0 Å². The van der Waals surface area contributed by atoms with Crippen LogP contribution in [0.1, 0.15) is 27.7 Å². The molecule has 0 aromatic carbocycles. The van der Waals surface area contributed by atoms with Gasteiger partial charge < -0.3 is 34.7 Å². The molecule has 2 aromatic heterocycles. The molecule has 1 aliphatic carbocycles. The molecule has 2 aromatic rings. The Hall–Kier alpha value is -4.25. The summed E-state index contributed by atoms with van der Waals surface area (Å²) in [6, 6.07) is 0. The second kappa shape index (κ2) is 11.2. The molecule has 5 unspecified atom stereocenters. The molecule has 2 aliphatic rings. The lowest BCUT2D eigenvalue weighted by molar-refractivity contribution is -0.164. The highest BCUT2D eigenvalue weighted by molar-refractivity contribution is 7.13. The van der Waals surface area contributed by atoms with Gasteiger partial charge in [-0.3, -0.25) is 33.9 Å². The van der Waals surface area contributed by atoms with Gasteiger partial charge in [0.05, 0.1) is 11.6 Å². The lowest BCUT2D eigenvalue weighted by Crippen LogP contribution is -2.48. The van der Waals surface area contributed by atoms with E-state index in [-0.39, 0.29) is 28.8 Å². The summed E-state index contributed by atoms with van der Waals surface area (Å²) in [6.45, 7) is 4.44. The van der Waals surface area contributed by atoms with Gasteiger partial charge in [0.15, 0.2) is 23.1 Å². The van der Waals surface area contributed by atoms with Crippen LogP contribution in [0, 0.1) is 5.92 Å². The SMILES string of the molecule is CC(=O)O.CC(=O)OCC12OC(N(C)c3[nH]c(=O)[nH]c(=O)c3-c3csc(N)n3)C(OC(C)=O)C1C2OC(C)=O. The van der Waals surface area contributed by atoms with E-state index in [1.165, 1.54) is 32.7 Å². The fourth-order valence-corrected chi connectivity index (χ4v) is 4.94. The molecule has 4 rings (SSSR count). The largest absolute Gasteiger partial charge is 0.481 e. The van der Waals surface area contributed by atoms with Crippen LogP contribution in [0.5, 0.6) is 0 Å². The molecule has 0 bridgehead atoms. The highest BCUT2D eigenvalue weighted by atomic mass is 32.1. The van der Waals surface area contributed by atoms with Crippen molar-refractivity contribution < 1.29 is 43.2 Å². The van der Waals surface area contributed by atoms with Gasteiger partial charge >= 0.3 is 23.6 Å². The Kier molecular flexibility index (Phi) is 8.45. The fourth-order valence-electron chi connectivity index (χ4n) is 4.38. The van der Waals surface area contributed by atoms with Gasteiger partial charge in [0.2, 0.25) is 0 Å². The first-order valence-corrected chi connectivity index (χ1v) is 12.2. The van der Waals surface area contributed by atoms with E-state index < -0.39 is 65.1 Å². The zero-order valence-electron chi connectivity index (χ0n) is 21.5. The number of nitrogens with zero attached hydrogens (tertiary/aromatic N) is 2. The van der Waals surface area contributed by atoms with Crippen LogP contribution in [0.3, 0.4) is 0 Å². The maximum absolute atomic E-state index is 12.7. The quantitative estimate of drug-likeness (QED) is 0.242. The van der Waals surface area contributed by atoms with Crippen LogP contribution >= 0.6 is 11.3 Å². The smallest absolute Gasteiger partial charge is 0.327 e. The first-order valence-electron chi connectivity index (χ1n) is 11.3. The summed E-state index contributed by atoms with van der Waals surface area (Å²) >= 11 is 1.10. The Labute approximate surface area is 224 Å². The fraction of sp³-hybridized carbons (Fsp3) is 0.500. The van der Waals surface area contributed by atoms with Crippen LogP contribution in [0.25, 0.3) is 11.3 Å². The number of anilines is 2. The number of carboxylic acids is 1.